The zero-order valence-corrected chi connectivity index (χ0v) is 21.4. The number of nitrogens with one attached hydrogen (secondary N) is 2. The van der Waals surface area contributed by atoms with Crippen molar-refractivity contribution < 1.29 is 38.1 Å². The lowest BCUT2D eigenvalue weighted by molar-refractivity contribution is -0.150. The van der Waals surface area contributed by atoms with Crippen molar-refractivity contribution >= 4 is 34.3 Å². The van der Waals surface area contributed by atoms with E-state index in [4.69, 9.17) is 18.9 Å². The second kappa shape index (κ2) is 8.12. The van der Waals surface area contributed by atoms with Gasteiger partial charge in [-0.2, -0.15) is 0 Å². The molecule has 3 heterocycles. The van der Waals surface area contributed by atoms with Gasteiger partial charge in [0.2, 0.25) is 11.5 Å². The average Bonchev–Trinajstić information content (AvgIpc) is 3.55. The fourth-order valence-corrected chi connectivity index (χ4v) is 5.58. The van der Waals surface area contributed by atoms with Gasteiger partial charge < -0.3 is 34.1 Å². The molecule has 0 saturated carbocycles. The monoisotopic (exact) mass is 509 g/mol. The second-order valence-corrected chi connectivity index (χ2v) is 9.55. The Labute approximate surface area is 212 Å². The highest BCUT2D eigenvalue weighted by Crippen LogP contribution is 2.53. The van der Waals surface area contributed by atoms with E-state index in [1.54, 1.807) is 19.1 Å². The van der Waals surface area contributed by atoms with Crippen LogP contribution in [0.4, 0.5) is 0 Å². The maximum atomic E-state index is 13.7. The minimum atomic E-state index is -1.70. The Morgan fingerprint density at radius 3 is 2.32 bits per heavy atom. The highest BCUT2D eigenvalue weighted by molar-refractivity contribution is 6.26. The van der Waals surface area contributed by atoms with Gasteiger partial charge in [0.1, 0.15) is 5.69 Å². The molecule has 1 aliphatic carbocycles. The Morgan fingerprint density at radius 1 is 1.00 bits per heavy atom. The predicted molar refractivity (Wildman–Crippen MR) is 130 cm³/mol. The number of aromatic nitrogens is 1. The summed E-state index contributed by atoms with van der Waals surface area (Å²) in [6.07, 6.45) is 1.76. The minimum absolute atomic E-state index is 0.0768. The molecule has 1 fully saturated rings. The van der Waals surface area contributed by atoms with Crippen molar-refractivity contribution in [2.24, 2.45) is 5.41 Å². The van der Waals surface area contributed by atoms with E-state index >= 15 is 0 Å². The number of esters is 1. The number of fused-ring (bicyclic) bond motifs is 3. The molecule has 5 rings (SSSR count). The molecule has 0 spiro atoms. The molecular weight excluding hydrogens is 482 g/mol. The Hall–Kier alpha value is -4.28. The van der Waals surface area contributed by atoms with Gasteiger partial charge in [-0.25, -0.2) is 4.79 Å². The third-order valence-corrected chi connectivity index (χ3v) is 7.55. The molecule has 2 N–H and O–H groups in total. The van der Waals surface area contributed by atoms with E-state index in [1.165, 1.54) is 46.3 Å². The summed E-state index contributed by atoms with van der Waals surface area (Å²) in [4.78, 5) is 57.3. The molecule has 1 saturated heterocycles. The van der Waals surface area contributed by atoms with E-state index in [1.807, 2.05) is 0 Å². The van der Waals surface area contributed by atoms with Crippen LogP contribution in [0.15, 0.2) is 35.2 Å². The van der Waals surface area contributed by atoms with Gasteiger partial charge in [0.25, 0.3) is 5.91 Å². The molecule has 1 amide bonds. The Morgan fingerprint density at radius 2 is 1.70 bits per heavy atom. The van der Waals surface area contributed by atoms with Crippen LogP contribution in [0.1, 0.15) is 30.8 Å². The van der Waals surface area contributed by atoms with E-state index in [-0.39, 0.29) is 29.4 Å². The third kappa shape index (κ3) is 3.12. The fraction of sp³-hybridized carbons (Fsp3) is 0.385. The van der Waals surface area contributed by atoms with E-state index in [2.05, 4.69) is 10.3 Å². The first-order valence-electron chi connectivity index (χ1n) is 11.6. The molecule has 3 aliphatic rings. The number of hydrogen-bond acceptors (Lipinski definition) is 9. The van der Waals surface area contributed by atoms with Gasteiger partial charge in [-0.3, -0.25) is 14.4 Å². The number of carbonyl (C=O) groups is 4. The standard InChI is InChI=1S/C26H27N3O8/c1-25-7-8-29(16(25)11-14(30)19-17(25)22(31)26(2,28-19)24(33)37-6)23(32)13-9-12-10-15(34-3)20(35-4)21(36-5)18(12)27-13/h9-11,27-28H,7-8H2,1-6H3/t25-,26+/m0/s1. The summed E-state index contributed by atoms with van der Waals surface area (Å²) in [5.74, 6) is -0.956. The number of allylic oxidation sites excluding steroid dienone is 2. The van der Waals surface area contributed by atoms with Crippen LogP contribution in [-0.2, 0) is 19.1 Å². The molecule has 1 aromatic carbocycles. The van der Waals surface area contributed by atoms with Crippen molar-refractivity contribution in [2.45, 2.75) is 25.8 Å². The Kier molecular flexibility index (Phi) is 5.36. The number of ketones is 2. The van der Waals surface area contributed by atoms with Crippen molar-refractivity contribution in [3.63, 3.8) is 0 Å². The smallest absolute Gasteiger partial charge is 0.339 e. The van der Waals surface area contributed by atoms with Gasteiger partial charge in [-0.05, 0) is 32.4 Å². The van der Waals surface area contributed by atoms with E-state index in [0.29, 0.717) is 40.3 Å². The molecule has 2 atom stereocenters. The number of ether oxygens (including phenoxy) is 4. The number of Topliss-reactive ketones (excluding diaryl/α,β-unsaturated/α-hetero) is 1. The van der Waals surface area contributed by atoms with Gasteiger partial charge in [0, 0.05) is 34.7 Å². The zero-order valence-electron chi connectivity index (χ0n) is 21.4. The van der Waals surface area contributed by atoms with Crippen LogP contribution in [0, 0.1) is 5.41 Å². The summed E-state index contributed by atoms with van der Waals surface area (Å²) >= 11 is 0. The van der Waals surface area contributed by atoms with Gasteiger partial charge in [-0.1, -0.05) is 0 Å². The number of hydrogen-bond donors (Lipinski definition) is 2. The molecular formula is C26H27N3O8. The number of amides is 1. The molecule has 0 bridgehead atoms. The van der Waals surface area contributed by atoms with E-state index in [9.17, 15) is 19.2 Å². The molecule has 2 aliphatic heterocycles. The number of aromatic amines is 1. The van der Waals surface area contributed by atoms with Gasteiger partial charge >= 0.3 is 5.97 Å². The molecule has 0 radical (unpaired) electrons. The van der Waals surface area contributed by atoms with Crippen LogP contribution in [0.3, 0.4) is 0 Å². The van der Waals surface area contributed by atoms with E-state index < -0.39 is 28.5 Å². The summed E-state index contributed by atoms with van der Waals surface area (Å²) < 4.78 is 21.2. The molecule has 0 unspecified atom stereocenters. The topological polar surface area (TPSA) is 136 Å². The molecule has 11 nitrogen and oxygen atoms in total. The van der Waals surface area contributed by atoms with Crippen LogP contribution in [-0.4, -0.2) is 73.8 Å². The lowest BCUT2D eigenvalue weighted by Crippen LogP contribution is -2.52. The largest absolute Gasteiger partial charge is 0.493 e. The Balaban J connectivity index is 1.54. The molecule has 11 heteroatoms. The van der Waals surface area contributed by atoms with Crippen molar-refractivity contribution in [3.05, 3.63) is 40.9 Å². The van der Waals surface area contributed by atoms with Crippen molar-refractivity contribution in [3.8, 4) is 17.2 Å². The number of rotatable bonds is 5. The molecule has 37 heavy (non-hydrogen) atoms. The number of benzene rings is 1. The third-order valence-electron chi connectivity index (χ3n) is 7.55. The fourth-order valence-electron chi connectivity index (χ4n) is 5.58. The molecule has 1 aromatic heterocycles. The summed E-state index contributed by atoms with van der Waals surface area (Å²) in [5.41, 5.74) is -1.15. The average molecular weight is 510 g/mol. The van der Waals surface area contributed by atoms with Crippen LogP contribution in [0.2, 0.25) is 0 Å². The minimum Gasteiger partial charge on any atom is -0.493 e. The number of H-pyrrole nitrogens is 1. The SMILES string of the molecule is COC(=O)[C@]1(C)NC2=C(C1=O)[C@@]1(C)CCN(C(=O)c3cc4cc(OC)c(OC)c(OC)c4[nH]3)C1=CC2=O. The highest BCUT2D eigenvalue weighted by Gasteiger charge is 2.60. The lowest BCUT2D eigenvalue weighted by Gasteiger charge is -2.32. The van der Waals surface area contributed by atoms with E-state index in [0.717, 1.165) is 0 Å². The maximum Gasteiger partial charge on any atom is 0.339 e. The van der Waals surface area contributed by atoms with Gasteiger partial charge in [0.05, 0.1) is 39.7 Å². The van der Waals surface area contributed by atoms with Crippen molar-refractivity contribution in [2.75, 3.05) is 35.0 Å². The molecule has 194 valence electrons. The van der Waals surface area contributed by atoms with Crippen LogP contribution in [0.25, 0.3) is 10.9 Å². The second-order valence-electron chi connectivity index (χ2n) is 9.55. The summed E-state index contributed by atoms with van der Waals surface area (Å²) in [6.45, 7) is 3.47. The summed E-state index contributed by atoms with van der Waals surface area (Å²) in [7, 11) is 5.67. The normalized spacial score (nSPS) is 24.5. The Bertz CT molecular complexity index is 1470. The first-order chi connectivity index (χ1) is 17.5. The van der Waals surface area contributed by atoms with Gasteiger partial charge in [-0.15, -0.1) is 0 Å². The maximum absolute atomic E-state index is 13.7. The first-order valence-corrected chi connectivity index (χ1v) is 11.6. The lowest BCUT2D eigenvalue weighted by atomic mass is 9.71. The van der Waals surface area contributed by atoms with Crippen LogP contribution >= 0.6 is 0 Å². The highest BCUT2D eigenvalue weighted by atomic mass is 16.5. The number of likely N-dealkylation sites (tertiary alicyclic amines) is 1. The predicted octanol–water partition coefficient (Wildman–Crippen LogP) is 1.87. The first kappa shape index (κ1) is 24.4. The molecule has 2 aromatic rings. The van der Waals surface area contributed by atoms with Crippen LogP contribution in [0.5, 0.6) is 17.2 Å². The van der Waals surface area contributed by atoms with Crippen LogP contribution < -0.4 is 19.5 Å². The number of methoxy groups -OCH3 is 4. The van der Waals surface area contributed by atoms with Crippen molar-refractivity contribution in [1.29, 1.82) is 0 Å². The van der Waals surface area contributed by atoms with Crippen molar-refractivity contribution in [1.82, 2.24) is 15.2 Å². The summed E-state index contributed by atoms with van der Waals surface area (Å²) in [6, 6.07) is 3.40. The zero-order chi connectivity index (χ0) is 26.9. The number of nitrogens with zero attached hydrogens (tertiary/aromatic N) is 1. The quantitative estimate of drug-likeness (QED) is 0.457. The number of carbonyl (C=O) groups excluding carboxylic acids is 4. The van der Waals surface area contributed by atoms with Gasteiger partial charge in [0.15, 0.2) is 22.8 Å². The summed E-state index contributed by atoms with van der Waals surface area (Å²) in [5, 5.41) is 3.47.